The Kier molecular flexibility index (Phi) is 8.05. The van der Waals surface area contributed by atoms with E-state index in [1.165, 1.54) is 12.5 Å². The van der Waals surface area contributed by atoms with Crippen LogP contribution in [0.5, 0.6) is 0 Å². The Labute approximate surface area is 231 Å². The lowest BCUT2D eigenvalue weighted by atomic mass is 9.47. The maximum absolute atomic E-state index is 14.2. The van der Waals surface area contributed by atoms with E-state index in [4.69, 9.17) is 4.74 Å². The van der Waals surface area contributed by atoms with Crippen molar-refractivity contribution in [3.63, 3.8) is 0 Å². The summed E-state index contributed by atoms with van der Waals surface area (Å²) in [6.45, 7) is 9.63. The van der Waals surface area contributed by atoms with Gasteiger partial charge >= 0.3 is 18.3 Å². The number of allylic oxidation sites excluding steroid dienone is 2. The van der Waals surface area contributed by atoms with Gasteiger partial charge in [0.1, 0.15) is 6.10 Å². The number of Topliss-reactive ketones (excluding diaryl/α,β-unsaturated/α-hetero) is 1. The van der Waals surface area contributed by atoms with Crippen LogP contribution in [0.3, 0.4) is 0 Å². The van der Waals surface area contributed by atoms with E-state index >= 15 is 0 Å². The molecule has 228 valence electrons. The molecular formula is C30H41F7O3. The molecule has 8 atom stereocenters. The summed E-state index contributed by atoms with van der Waals surface area (Å²) in [5.74, 6) is -0.0774. The second kappa shape index (κ2) is 10.3. The second-order valence-corrected chi connectivity index (χ2v) is 13.6. The molecule has 3 saturated carbocycles. The zero-order valence-electron chi connectivity index (χ0n) is 23.9. The molecule has 0 spiro atoms. The molecule has 10 heteroatoms. The number of carbonyl (C=O) groups excluding carboxylic acids is 2. The first kappa shape index (κ1) is 31.3. The predicted octanol–water partition coefficient (Wildman–Crippen LogP) is 8.71. The third-order valence-corrected chi connectivity index (χ3v) is 11.2. The fourth-order valence-corrected chi connectivity index (χ4v) is 9.12. The molecule has 40 heavy (non-hydrogen) atoms. The van der Waals surface area contributed by atoms with Crippen molar-refractivity contribution in [1.29, 1.82) is 0 Å². The highest BCUT2D eigenvalue weighted by Crippen LogP contribution is 2.66. The number of hydrogen-bond donors (Lipinski definition) is 0. The summed E-state index contributed by atoms with van der Waals surface area (Å²) in [5.41, 5.74) is -3.75. The molecule has 4 rings (SSSR count). The first-order valence-corrected chi connectivity index (χ1v) is 14.5. The number of carbonyl (C=O) groups is 2. The minimum Gasteiger partial charge on any atom is -0.463 e. The highest BCUT2D eigenvalue weighted by molar-refractivity contribution is 6.00. The summed E-state index contributed by atoms with van der Waals surface area (Å²) >= 11 is 0. The van der Waals surface area contributed by atoms with Crippen LogP contribution in [0.2, 0.25) is 0 Å². The number of hydrogen-bond acceptors (Lipinski definition) is 3. The van der Waals surface area contributed by atoms with Crippen LogP contribution in [0.15, 0.2) is 11.1 Å². The van der Waals surface area contributed by atoms with E-state index in [1.54, 1.807) is 6.92 Å². The lowest BCUT2D eigenvalue weighted by molar-refractivity contribution is -0.343. The van der Waals surface area contributed by atoms with Crippen molar-refractivity contribution >= 4 is 11.8 Å². The molecule has 0 radical (unpaired) electrons. The molecular weight excluding hydrogens is 541 g/mol. The molecule has 0 amide bonds. The fraction of sp³-hybridized carbons (Fsp3) is 0.867. The smallest absolute Gasteiger partial charge is 0.431 e. The molecule has 0 aromatic carbocycles. The molecule has 0 N–H and O–H groups in total. The number of halogens is 7. The number of ketones is 1. The first-order chi connectivity index (χ1) is 18.3. The lowest BCUT2D eigenvalue weighted by Crippen LogP contribution is -2.53. The van der Waals surface area contributed by atoms with E-state index in [2.05, 4.69) is 13.8 Å². The Morgan fingerprint density at radius 3 is 2.23 bits per heavy atom. The van der Waals surface area contributed by atoms with Gasteiger partial charge in [-0.2, -0.15) is 26.3 Å². The summed E-state index contributed by atoms with van der Waals surface area (Å²) in [6.07, 6.45) is -9.32. The van der Waals surface area contributed by atoms with Crippen LogP contribution in [-0.4, -0.2) is 35.9 Å². The highest BCUT2D eigenvalue weighted by atomic mass is 19.4. The van der Waals surface area contributed by atoms with Gasteiger partial charge in [-0.25, -0.2) is 4.39 Å². The standard InChI is InChI=1S/C30H41F7O3/c1-16(7-6-10-28(31,29(32,33)34)30(35,36)37)22-15-23(39)25-24-17(2)13-19-14-20(40-18(3)38)8-11-26(19,4)21(24)9-12-27(22,25)5/h16-17,19-22H,6-15H2,1-5H3/t16-,17-,19+,20+,21+,22-,26+,27-/m1/s1. The van der Waals surface area contributed by atoms with Crippen LogP contribution in [0.4, 0.5) is 30.7 Å². The van der Waals surface area contributed by atoms with Crippen LogP contribution in [0.1, 0.15) is 98.8 Å². The molecule has 0 aromatic heterocycles. The molecule has 4 aliphatic carbocycles. The maximum Gasteiger partial charge on any atom is 0.431 e. The van der Waals surface area contributed by atoms with E-state index < -0.39 is 36.3 Å². The van der Waals surface area contributed by atoms with Crippen molar-refractivity contribution in [3.05, 3.63) is 11.1 Å². The van der Waals surface area contributed by atoms with Crippen LogP contribution >= 0.6 is 0 Å². The Bertz CT molecular complexity index is 1030. The predicted molar refractivity (Wildman–Crippen MR) is 135 cm³/mol. The lowest BCUT2D eigenvalue weighted by Gasteiger charge is -2.58. The van der Waals surface area contributed by atoms with Gasteiger partial charge in [-0.05, 0) is 91.8 Å². The summed E-state index contributed by atoms with van der Waals surface area (Å²) < 4.78 is 97.8. The van der Waals surface area contributed by atoms with Crippen molar-refractivity contribution in [2.45, 2.75) is 123 Å². The van der Waals surface area contributed by atoms with Gasteiger partial charge in [0.2, 0.25) is 0 Å². The molecule has 0 unspecified atom stereocenters. The third kappa shape index (κ3) is 5.01. The first-order valence-electron chi connectivity index (χ1n) is 14.5. The van der Waals surface area contributed by atoms with E-state index in [0.29, 0.717) is 5.92 Å². The topological polar surface area (TPSA) is 43.4 Å². The van der Waals surface area contributed by atoms with Gasteiger partial charge in [-0.3, -0.25) is 9.59 Å². The minimum absolute atomic E-state index is 0.0235. The molecule has 0 aliphatic heterocycles. The zero-order chi connectivity index (χ0) is 30.1. The number of ether oxygens (including phenoxy) is 1. The van der Waals surface area contributed by atoms with Crippen molar-refractivity contribution in [2.75, 3.05) is 0 Å². The van der Waals surface area contributed by atoms with Crippen LogP contribution in [0.25, 0.3) is 0 Å². The third-order valence-electron chi connectivity index (χ3n) is 11.2. The summed E-state index contributed by atoms with van der Waals surface area (Å²) in [5, 5.41) is 0. The summed E-state index contributed by atoms with van der Waals surface area (Å²) in [7, 11) is 0. The van der Waals surface area contributed by atoms with Gasteiger partial charge in [0.05, 0.1) is 0 Å². The Morgan fingerprint density at radius 1 is 1.02 bits per heavy atom. The SMILES string of the molecule is CC(=O)O[C@H]1CC[C@@]2(C)[C@H](C1)C[C@@H](C)C1=C3C(=O)C[C@H]([C@H](C)CCCC(F)(C(F)(F)F)C(F)(F)F)[C@@]3(C)CC[C@@H]12. The second-order valence-electron chi connectivity index (χ2n) is 13.6. The molecule has 0 saturated heterocycles. The van der Waals surface area contributed by atoms with Gasteiger partial charge in [0.15, 0.2) is 5.78 Å². The number of esters is 1. The highest BCUT2D eigenvalue weighted by Gasteiger charge is 2.71. The molecule has 0 heterocycles. The number of fused-ring (bicyclic) bond motifs is 4. The monoisotopic (exact) mass is 582 g/mol. The maximum atomic E-state index is 14.2. The molecule has 3 nitrogen and oxygen atoms in total. The van der Waals surface area contributed by atoms with Gasteiger partial charge < -0.3 is 4.74 Å². The largest absolute Gasteiger partial charge is 0.463 e. The Hall–Kier alpha value is -1.61. The fourth-order valence-electron chi connectivity index (χ4n) is 9.12. The van der Waals surface area contributed by atoms with Crippen molar-refractivity contribution in [1.82, 2.24) is 0 Å². The summed E-state index contributed by atoms with van der Waals surface area (Å²) in [6, 6.07) is 0. The average molecular weight is 583 g/mol. The van der Waals surface area contributed by atoms with E-state index in [-0.39, 0.29) is 59.8 Å². The minimum atomic E-state index is -6.04. The van der Waals surface area contributed by atoms with Crippen LogP contribution < -0.4 is 0 Å². The van der Waals surface area contributed by atoms with Gasteiger partial charge in [0.25, 0.3) is 5.67 Å². The Balaban J connectivity index is 1.54. The quantitative estimate of drug-likeness (QED) is 0.232. The number of rotatable bonds is 6. The van der Waals surface area contributed by atoms with E-state index in [9.17, 15) is 40.3 Å². The average Bonchev–Trinajstić information content (AvgIpc) is 3.09. The number of alkyl halides is 7. The normalized spacial score (nSPS) is 37.5. The molecule has 0 aromatic rings. The molecule has 3 fully saturated rings. The zero-order valence-corrected chi connectivity index (χ0v) is 23.9. The van der Waals surface area contributed by atoms with Gasteiger partial charge in [-0.15, -0.1) is 0 Å². The van der Waals surface area contributed by atoms with Gasteiger partial charge in [0, 0.05) is 18.9 Å². The molecule has 4 aliphatic rings. The van der Waals surface area contributed by atoms with Crippen LogP contribution in [-0.2, 0) is 14.3 Å². The van der Waals surface area contributed by atoms with Gasteiger partial charge in [-0.1, -0.05) is 39.7 Å². The van der Waals surface area contributed by atoms with Crippen molar-refractivity contribution < 1.29 is 45.1 Å². The summed E-state index contributed by atoms with van der Waals surface area (Å²) in [4.78, 5) is 25.1. The van der Waals surface area contributed by atoms with E-state index in [1.807, 2.05) is 6.92 Å². The van der Waals surface area contributed by atoms with Crippen LogP contribution in [0, 0.1) is 40.4 Å². The van der Waals surface area contributed by atoms with E-state index in [0.717, 1.165) is 44.1 Å². The molecule has 0 bridgehead atoms. The van der Waals surface area contributed by atoms with Crippen molar-refractivity contribution in [3.8, 4) is 0 Å². The van der Waals surface area contributed by atoms with Crippen molar-refractivity contribution in [2.24, 2.45) is 40.4 Å². The Morgan fingerprint density at radius 2 is 1.65 bits per heavy atom.